The van der Waals surface area contributed by atoms with Crippen molar-refractivity contribution < 1.29 is 0 Å². The van der Waals surface area contributed by atoms with Gasteiger partial charge in [-0.25, -0.2) is 0 Å². The second-order valence-corrected chi connectivity index (χ2v) is 4.81. The summed E-state index contributed by atoms with van der Waals surface area (Å²) in [5, 5.41) is 3.48. The quantitative estimate of drug-likeness (QED) is 0.759. The van der Waals surface area contributed by atoms with Gasteiger partial charge in [0.15, 0.2) is 0 Å². The van der Waals surface area contributed by atoms with E-state index in [1.165, 1.54) is 9.75 Å². The van der Waals surface area contributed by atoms with Crippen molar-refractivity contribution >= 4 is 11.3 Å². The van der Waals surface area contributed by atoms with E-state index < -0.39 is 0 Å². The summed E-state index contributed by atoms with van der Waals surface area (Å²) in [6.45, 7) is 8.72. The van der Waals surface area contributed by atoms with Gasteiger partial charge in [-0.2, -0.15) is 0 Å². The molecular weight excluding hydrogens is 166 g/mol. The molecule has 1 nitrogen and oxygen atoms in total. The highest BCUT2D eigenvalue weighted by Gasteiger charge is 2.07. The third-order valence-corrected chi connectivity index (χ3v) is 2.95. The highest BCUT2D eigenvalue weighted by molar-refractivity contribution is 7.12. The van der Waals surface area contributed by atoms with Crippen molar-refractivity contribution in [2.75, 3.05) is 0 Å². The van der Waals surface area contributed by atoms with Crippen LogP contribution in [0.25, 0.3) is 0 Å². The minimum atomic E-state index is 0.490. The molecule has 1 atom stereocenters. The first-order valence-electron chi connectivity index (χ1n) is 4.42. The smallest absolute Gasteiger partial charge is 0.0388 e. The van der Waals surface area contributed by atoms with Crippen LogP contribution in [-0.2, 0) is 0 Å². The number of hydrogen-bond donors (Lipinski definition) is 1. The summed E-state index contributed by atoms with van der Waals surface area (Å²) in [6.07, 6.45) is 0. The van der Waals surface area contributed by atoms with Crippen LogP contribution in [-0.4, -0.2) is 6.04 Å². The van der Waals surface area contributed by atoms with Gasteiger partial charge in [-0.3, -0.25) is 0 Å². The van der Waals surface area contributed by atoms with Crippen molar-refractivity contribution in [3.8, 4) is 0 Å². The van der Waals surface area contributed by atoms with Gasteiger partial charge < -0.3 is 5.32 Å². The van der Waals surface area contributed by atoms with Crippen molar-refractivity contribution in [2.45, 2.75) is 39.8 Å². The van der Waals surface area contributed by atoms with E-state index in [0.717, 1.165) is 0 Å². The summed E-state index contributed by atoms with van der Waals surface area (Å²) in [4.78, 5) is 2.82. The van der Waals surface area contributed by atoms with Gasteiger partial charge >= 0.3 is 0 Å². The lowest BCUT2D eigenvalue weighted by molar-refractivity contribution is 0.512. The topological polar surface area (TPSA) is 12.0 Å². The Bertz CT molecular complexity index is 240. The van der Waals surface area contributed by atoms with Crippen LogP contribution in [0.15, 0.2) is 12.1 Å². The van der Waals surface area contributed by atoms with Gasteiger partial charge in [0, 0.05) is 21.8 Å². The molecule has 0 bridgehead atoms. The zero-order valence-corrected chi connectivity index (χ0v) is 9.03. The standard InChI is InChI=1S/C10H17NS/c1-7(2)11-9(4)10-6-5-8(3)12-10/h5-7,9,11H,1-4H3/t9-/m0/s1. The molecule has 68 valence electrons. The molecule has 0 saturated heterocycles. The van der Waals surface area contributed by atoms with Crippen molar-refractivity contribution in [3.63, 3.8) is 0 Å². The Morgan fingerprint density at radius 1 is 1.25 bits per heavy atom. The summed E-state index contributed by atoms with van der Waals surface area (Å²) >= 11 is 1.88. The van der Waals surface area contributed by atoms with Crippen LogP contribution in [0.2, 0.25) is 0 Å². The van der Waals surface area contributed by atoms with Crippen LogP contribution in [0.5, 0.6) is 0 Å². The first-order valence-corrected chi connectivity index (χ1v) is 5.23. The van der Waals surface area contributed by atoms with Crippen LogP contribution in [0.4, 0.5) is 0 Å². The first kappa shape index (κ1) is 9.75. The van der Waals surface area contributed by atoms with E-state index in [2.05, 4.69) is 45.1 Å². The molecule has 1 rings (SSSR count). The van der Waals surface area contributed by atoms with Gasteiger partial charge in [-0.1, -0.05) is 13.8 Å². The minimum absolute atomic E-state index is 0.490. The second-order valence-electron chi connectivity index (χ2n) is 3.49. The fourth-order valence-electron chi connectivity index (χ4n) is 1.27. The number of aryl methyl sites for hydroxylation is 1. The Balaban J connectivity index is 2.58. The van der Waals surface area contributed by atoms with Crippen molar-refractivity contribution in [1.29, 1.82) is 0 Å². The molecule has 0 amide bonds. The normalized spacial score (nSPS) is 13.8. The molecule has 0 saturated carbocycles. The molecule has 1 aromatic heterocycles. The third-order valence-electron chi connectivity index (χ3n) is 1.77. The monoisotopic (exact) mass is 183 g/mol. The lowest BCUT2D eigenvalue weighted by atomic mass is 10.2. The Labute approximate surface area is 78.8 Å². The van der Waals surface area contributed by atoms with Crippen LogP contribution < -0.4 is 5.32 Å². The van der Waals surface area contributed by atoms with Crippen molar-refractivity contribution in [1.82, 2.24) is 5.32 Å². The number of nitrogens with one attached hydrogen (secondary N) is 1. The molecule has 2 heteroatoms. The van der Waals surface area contributed by atoms with Gasteiger partial charge in [0.25, 0.3) is 0 Å². The average Bonchev–Trinajstić information content (AvgIpc) is 2.34. The number of hydrogen-bond acceptors (Lipinski definition) is 2. The molecule has 0 aliphatic heterocycles. The molecule has 0 aliphatic rings. The van der Waals surface area contributed by atoms with E-state index >= 15 is 0 Å². The van der Waals surface area contributed by atoms with E-state index in [0.29, 0.717) is 12.1 Å². The van der Waals surface area contributed by atoms with E-state index in [4.69, 9.17) is 0 Å². The maximum absolute atomic E-state index is 3.48. The SMILES string of the molecule is Cc1ccc([C@H](C)NC(C)C)s1. The average molecular weight is 183 g/mol. The Morgan fingerprint density at radius 2 is 1.92 bits per heavy atom. The molecule has 1 aromatic rings. The van der Waals surface area contributed by atoms with Crippen molar-refractivity contribution in [3.05, 3.63) is 21.9 Å². The van der Waals surface area contributed by atoms with Gasteiger partial charge in [-0.05, 0) is 26.0 Å². The number of thiophene rings is 1. The summed E-state index contributed by atoms with van der Waals surface area (Å²) in [5.41, 5.74) is 0. The molecule has 0 unspecified atom stereocenters. The third kappa shape index (κ3) is 2.61. The molecule has 0 fully saturated rings. The summed E-state index contributed by atoms with van der Waals surface area (Å²) in [5.74, 6) is 0. The summed E-state index contributed by atoms with van der Waals surface area (Å²) < 4.78 is 0. The van der Waals surface area contributed by atoms with Crippen LogP contribution in [0.3, 0.4) is 0 Å². The van der Waals surface area contributed by atoms with Gasteiger partial charge in [-0.15, -0.1) is 11.3 Å². The Kier molecular flexibility index (Phi) is 3.29. The highest BCUT2D eigenvalue weighted by atomic mass is 32.1. The molecule has 12 heavy (non-hydrogen) atoms. The molecular formula is C10H17NS. The zero-order valence-electron chi connectivity index (χ0n) is 8.22. The predicted octanol–water partition coefficient (Wildman–Crippen LogP) is 3.12. The second kappa shape index (κ2) is 4.06. The highest BCUT2D eigenvalue weighted by Crippen LogP contribution is 2.22. The predicted molar refractivity (Wildman–Crippen MR) is 55.7 cm³/mol. The molecule has 0 aliphatic carbocycles. The lowest BCUT2D eigenvalue weighted by Gasteiger charge is -2.14. The maximum atomic E-state index is 3.48. The van der Waals surface area contributed by atoms with E-state index in [1.54, 1.807) is 0 Å². The maximum Gasteiger partial charge on any atom is 0.0388 e. The fourth-order valence-corrected chi connectivity index (χ4v) is 2.16. The van der Waals surface area contributed by atoms with Gasteiger partial charge in [0.05, 0.1) is 0 Å². The minimum Gasteiger partial charge on any atom is -0.307 e. The largest absolute Gasteiger partial charge is 0.307 e. The Morgan fingerprint density at radius 3 is 2.33 bits per heavy atom. The van der Waals surface area contributed by atoms with Crippen LogP contribution in [0.1, 0.15) is 36.6 Å². The summed E-state index contributed by atoms with van der Waals surface area (Å²) in [7, 11) is 0. The molecule has 0 spiro atoms. The van der Waals surface area contributed by atoms with E-state index in [9.17, 15) is 0 Å². The van der Waals surface area contributed by atoms with Gasteiger partial charge in [0.1, 0.15) is 0 Å². The Hall–Kier alpha value is -0.340. The molecule has 1 heterocycles. The zero-order chi connectivity index (χ0) is 9.14. The summed E-state index contributed by atoms with van der Waals surface area (Å²) in [6, 6.07) is 5.43. The molecule has 0 radical (unpaired) electrons. The van der Waals surface area contributed by atoms with Crippen LogP contribution >= 0.6 is 11.3 Å². The van der Waals surface area contributed by atoms with Gasteiger partial charge in [0.2, 0.25) is 0 Å². The van der Waals surface area contributed by atoms with Crippen molar-refractivity contribution in [2.24, 2.45) is 0 Å². The first-order chi connectivity index (χ1) is 5.59. The van der Waals surface area contributed by atoms with Crippen LogP contribution in [0, 0.1) is 6.92 Å². The molecule has 0 aromatic carbocycles. The molecule has 1 N–H and O–H groups in total. The fraction of sp³-hybridized carbons (Fsp3) is 0.600. The van der Waals surface area contributed by atoms with E-state index in [1.807, 2.05) is 11.3 Å². The lowest BCUT2D eigenvalue weighted by Crippen LogP contribution is -2.25. The number of rotatable bonds is 3. The van der Waals surface area contributed by atoms with E-state index in [-0.39, 0.29) is 0 Å².